The minimum Gasteiger partial charge on any atom is -0.383 e. The number of ether oxygens (including phenoxy) is 1. The second-order valence-electron chi connectivity index (χ2n) is 5.72. The Kier molecular flexibility index (Phi) is 6.99. The van der Waals surface area contributed by atoms with E-state index in [0.717, 1.165) is 5.56 Å². The monoisotopic (exact) mass is 337 g/mol. The van der Waals surface area contributed by atoms with Crippen molar-refractivity contribution >= 4 is 11.9 Å². The van der Waals surface area contributed by atoms with Crippen LogP contribution in [0.2, 0.25) is 0 Å². The van der Waals surface area contributed by atoms with Crippen molar-refractivity contribution < 1.29 is 18.7 Å². The summed E-state index contributed by atoms with van der Waals surface area (Å²) in [6, 6.07) is 6.19. The van der Waals surface area contributed by atoms with Gasteiger partial charge in [0.2, 0.25) is 5.91 Å². The number of halogens is 1. The number of benzene rings is 1. The molecule has 0 radical (unpaired) electrons. The molecule has 1 aliphatic rings. The molecule has 0 spiro atoms. The molecule has 7 heteroatoms. The van der Waals surface area contributed by atoms with Gasteiger partial charge in [0.25, 0.3) is 0 Å². The summed E-state index contributed by atoms with van der Waals surface area (Å²) in [5, 5.41) is 2.77. The fraction of sp³-hybridized carbons (Fsp3) is 0.529. The van der Waals surface area contributed by atoms with Crippen LogP contribution in [0.5, 0.6) is 0 Å². The lowest BCUT2D eigenvalue weighted by Gasteiger charge is -2.34. The van der Waals surface area contributed by atoms with E-state index < -0.39 is 0 Å². The van der Waals surface area contributed by atoms with Crippen LogP contribution in [0.25, 0.3) is 0 Å². The smallest absolute Gasteiger partial charge is 0.317 e. The first-order valence-electron chi connectivity index (χ1n) is 8.14. The van der Waals surface area contributed by atoms with Crippen molar-refractivity contribution in [3.63, 3.8) is 0 Å². The number of piperazine rings is 1. The highest BCUT2D eigenvalue weighted by Crippen LogP contribution is 2.09. The van der Waals surface area contributed by atoms with Gasteiger partial charge in [-0.2, -0.15) is 0 Å². The maximum absolute atomic E-state index is 13.1. The Hall–Kier alpha value is -2.15. The van der Waals surface area contributed by atoms with Crippen LogP contribution in [-0.2, 0) is 16.0 Å². The summed E-state index contributed by atoms with van der Waals surface area (Å²) in [6.07, 6.45) is 0.873. The molecule has 0 bridgehead atoms. The van der Waals surface area contributed by atoms with E-state index in [1.54, 1.807) is 23.0 Å². The van der Waals surface area contributed by atoms with Crippen LogP contribution in [0, 0.1) is 5.82 Å². The topological polar surface area (TPSA) is 61.9 Å². The molecule has 1 N–H and O–H groups in total. The standard InChI is InChI=1S/C17H24FN3O3/c1-24-12-7-19-17(23)21-10-8-20(9-11-21)16(22)6-5-14-3-2-4-15(18)13-14/h2-4,13H,5-12H2,1H3,(H,19,23). The van der Waals surface area contributed by atoms with Gasteiger partial charge in [-0.05, 0) is 24.1 Å². The Labute approximate surface area is 141 Å². The number of nitrogens with zero attached hydrogens (tertiary/aromatic N) is 2. The molecule has 0 saturated carbocycles. The lowest BCUT2D eigenvalue weighted by Crippen LogP contribution is -2.53. The fourth-order valence-corrected chi connectivity index (χ4v) is 2.63. The third kappa shape index (κ3) is 5.49. The van der Waals surface area contributed by atoms with Crippen molar-refractivity contribution in [2.24, 2.45) is 0 Å². The largest absolute Gasteiger partial charge is 0.383 e. The highest BCUT2D eigenvalue weighted by molar-refractivity contribution is 5.78. The molecular weight excluding hydrogens is 313 g/mol. The van der Waals surface area contributed by atoms with Crippen molar-refractivity contribution in [2.75, 3.05) is 46.4 Å². The van der Waals surface area contributed by atoms with Gasteiger partial charge in [0.15, 0.2) is 0 Å². The molecule has 24 heavy (non-hydrogen) atoms. The summed E-state index contributed by atoms with van der Waals surface area (Å²) in [5.74, 6) is -0.244. The summed E-state index contributed by atoms with van der Waals surface area (Å²) < 4.78 is 18.0. The predicted octanol–water partition coefficient (Wildman–Crippen LogP) is 1.26. The first kappa shape index (κ1) is 18.2. The van der Waals surface area contributed by atoms with Crippen molar-refractivity contribution in [3.8, 4) is 0 Å². The van der Waals surface area contributed by atoms with Gasteiger partial charge in [-0.15, -0.1) is 0 Å². The van der Waals surface area contributed by atoms with Gasteiger partial charge in [0, 0.05) is 46.3 Å². The van der Waals surface area contributed by atoms with E-state index in [-0.39, 0.29) is 17.8 Å². The Bertz CT molecular complexity index is 560. The third-order valence-electron chi connectivity index (χ3n) is 4.02. The van der Waals surface area contributed by atoms with Gasteiger partial charge in [0.1, 0.15) is 5.82 Å². The fourth-order valence-electron chi connectivity index (χ4n) is 2.63. The number of hydrogen-bond acceptors (Lipinski definition) is 3. The molecule has 1 saturated heterocycles. The Morgan fingerprint density at radius 1 is 1.21 bits per heavy atom. The molecule has 1 heterocycles. The zero-order valence-electron chi connectivity index (χ0n) is 14.0. The summed E-state index contributed by atoms with van der Waals surface area (Å²) in [5.41, 5.74) is 0.819. The summed E-state index contributed by atoms with van der Waals surface area (Å²) >= 11 is 0. The third-order valence-corrected chi connectivity index (χ3v) is 4.02. The number of aryl methyl sites for hydroxylation is 1. The zero-order chi connectivity index (χ0) is 17.4. The van der Waals surface area contributed by atoms with Crippen LogP contribution in [-0.4, -0.2) is 68.2 Å². The number of nitrogens with one attached hydrogen (secondary N) is 1. The zero-order valence-corrected chi connectivity index (χ0v) is 14.0. The van der Waals surface area contributed by atoms with Crippen LogP contribution >= 0.6 is 0 Å². The average Bonchev–Trinajstić information content (AvgIpc) is 2.60. The molecule has 132 valence electrons. The second kappa shape index (κ2) is 9.22. The predicted molar refractivity (Wildman–Crippen MR) is 88.1 cm³/mol. The molecule has 0 aliphatic carbocycles. The molecule has 3 amide bonds. The first-order chi connectivity index (χ1) is 11.6. The van der Waals surface area contributed by atoms with Gasteiger partial charge in [-0.3, -0.25) is 4.79 Å². The molecule has 2 rings (SSSR count). The molecule has 0 aromatic heterocycles. The highest BCUT2D eigenvalue weighted by atomic mass is 19.1. The van der Waals surface area contributed by atoms with E-state index in [4.69, 9.17) is 4.74 Å². The number of urea groups is 1. The maximum Gasteiger partial charge on any atom is 0.317 e. The minimum absolute atomic E-state index is 0.0405. The summed E-state index contributed by atoms with van der Waals surface area (Å²) in [7, 11) is 1.58. The number of hydrogen-bond donors (Lipinski definition) is 1. The Balaban J connectivity index is 1.71. The van der Waals surface area contributed by atoms with E-state index in [1.165, 1.54) is 12.1 Å². The van der Waals surface area contributed by atoms with Gasteiger partial charge in [-0.1, -0.05) is 12.1 Å². The van der Waals surface area contributed by atoms with Crippen LogP contribution in [0.4, 0.5) is 9.18 Å². The van der Waals surface area contributed by atoms with Gasteiger partial charge in [0.05, 0.1) is 6.61 Å². The van der Waals surface area contributed by atoms with Crippen molar-refractivity contribution in [1.82, 2.24) is 15.1 Å². The molecule has 1 fully saturated rings. The lowest BCUT2D eigenvalue weighted by atomic mass is 10.1. The van der Waals surface area contributed by atoms with E-state index >= 15 is 0 Å². The molecule has 6 nitrogen and oxygen atoms in total. The molecular formula is C17H24FN3O3. The highest BCUT2D eigenvalue weighted by Gasteiger charge is 2.23. The maximum atomic E-state index is 13.1. The molecule has 1 aromatic carbocycles. The first-order valence-corrected chi connectivity index (χ1v) is 8.14. The quantitative estimate of drug-likeness (QED) is 0.795. The molecule has 1 aromatic rings. The van der Waals surface area contributed by atoms with Crippen LogP contribution in [0.1, 0.15) is 12.0 Å². The SMILES string of the molecule is COCCNC(=O)N1CCN(C(=O)CCc2cccc(F)c2)CC1. The van der Waals surface area contributed by atoms with Gasteiger partial charge < -0.3 is 19.9 Å². The van der Waals surface area contributed by atoms with Gasteiger partial charge in [-0.25, -0.2) is 9.18 Å². The minimum atomic E-state index is -0.284. The second-order valence-corrected chi connectivity index (χ2v) is 5.72. The number of rotatable bonds is 6. The number of methoxy groups -OCH3 is 1. The normalized spacial score (nSPS) is 14.6. The van der Waals surface area contributed by atoms with E-state index in [9.17, 15) is 14.0 Å². The van der Waals surface area contributed by atoms with Crippen molar-refractivity contribution in [1.29, 1.82) is 0 Å². The Morgan fingerprint density at radius 2 is 1.92 bits per heavy atom. The summed E-state index contributed by atoms with van der Waals surface area (Å²) in [4.78, 5) is 27.6. The molecule has 1 aliphatic heterocycles. The van der Waals surface area contributed by atoms with Crippen LogP contribution in [0.15, 0.2) is 24.3 Å². The van der Waals surface area contributed by atoms with Crippen LogP contribution in [0.3, 0.4) is 0 Å². The summed E-state index contributed by atoms with van der Waals surface area (Å²) in [6.45, 7) is 3.04. The van der Waals surface area contributed by atoms with Crippen molar-refractivity contribution in [3.05, 3.63) is 35.6 Å². The van der Waals surface area contributed by atoms with E-state index in [2.05, 4.69) is 5.32 Å². The number of carbonyl (C=O) groups is 2. The molecule has 0 atom stereocenters. The lowest BCUT2D eigenvalue weighted by molar-refractivity contribution is -0.132. The molecule has 0 unspecified atom stereocenters. The Morgan fingerprint density at radius 3 is 2.58 bits per heavy atom. The van der Waals surface area contributed by atoms with Gasteiger partial charge >= 0.3 is 6.03 Å². The van der Waals surface area contributed by atoms with Crippen LogP contribution < -0.4 is 5.32 Å². The van der Waals surface area contributed by atoms with Crippen molar-refractivity contribution in [2.45, 2.75) is 12.8 Å². The number of carbonyl (C=O) groups excluding carboxylic acids is 2. The number of amides is 3. The van der Waals surface area contributed by atoms with E-state index in [1.807, 2.05) is 6.07 Å². The average molecular weight is 337 g/mol. The van der Waals surface area contributed by atoms with E-state index in [0.29, 0.717) is 52.2 Å².